The molecule has 1 N–H and O–H groups in total. The molecular formula is C16H19NO4. The molecule has 112 valence electrons. The van der Waals surface area contributed by atoms with Gasteiger partial charge in [-0.1, -0.05) is 0 Å². The Morgan fingerprint density at radius 3 is 2.95 bits per heavy atom. The van der Waals surface area contributed by atoms with E-state index in [-0.39, 0.29) is 11.9 Å². The number of aliphatic hydroxyl groups is 1. The number of hydrogen-bond donors (Lipinski definition) is 1. The first-order valence-electron chi connectivity index (χ1n) is 7.16. The largest absolute Gasteiger partial charge is 0.497 e. The predicted molar refractivity (Wildman–Crippen MR) is 78.2 cm³/mol. The van der Waals surface area contributed by atoms with Crippen LogP contribution in [0.15, 0.2) is 24.3 Å². The Labute approximate surface area is 123 Å². The maximum atomic E-state index is 11.9. The van der Waals surface area contributed by atoms with Gasteiger partial charge in [0.25, 0.3) is 0 Å². The molecule has 0 fully saturated rings. The summed E-state index contributed by atoms with van der Waals surface area (Å²) in [5, 5.41) is 11.3. The third kappa shape index (κ3) is 2.38. The van der Waals surface area contributed by atoms with E-state index in [1.807, 2.05) is 28.8 Å². The second kappa shape index (κ2) is 5.41. The molecule has 0 bridgehead atoms. The molecule has 2 aromatic rings. The number of fused-ring (bicyclic) bond motifs is 3. The van der Waals surface area contributed by atoms with Gasteiger partial charge in [-0.25, -0.2) is 0 Å². The Hall–Kier alpha value is -2.01. The van der Waals surface area contributed by atoms with Gasteiger partial charge in [0.15, 0.2) is 0 Å². The Kier molecular flexibility index (Phi) is 3.59. The van der Waals surface area contributed by atoms with E-state index in [2.05, 4.69) is 0 Å². The molecule has 2 atom stereocenters. The summed E-state index contributed by atoms with van der Waals surface area (Å²) in [4.78, 5) is 11.9. The van der Waals surface area contributed by atoms with Gasteiger partial charge in [0.05, 0.1) is 25.7 Å². The van der Waals surface area contributed by atoms with E-state index in [4.69, 9.17) is 9.47 Å². The monoisotopic (exact) mass is 289 g/mol. The van der Waals surface area contributed by atoms with Crippen LogP contribution in [-0.4, -0.2) is 29.4 Å². The van der Waals surface area contributed by atoms with Gasteiger partial charge in [0, 0.05) is 23.1 Å². The summed E-state index contributed by atoms with van der Waals surface area (Å²) >= 11 is 0. The standard InChI is InChI=1S/C16H19NO4/c1-3-21-16(19)11-8-15(18)14-7-10-6-12(20-2)4-5-13(10)17(14)9-11/h4-7,11,15,18H,3,8-9H2,1-2H3. The third-order valence-electron chi connectivity index (χ3n) is 4.01. The summed E-state index contributed by atoms with van der Waals surface area (Å²) < 4.78 is 12.3. The van der Waals surface area contributed by atoms with Crippen LogP contribution >= 0.6 is 0 Å². The van der Waals surface area contributed by atoms with Crippen LogP contribution in [0.2, 0.25) is 0 Å². The van der Waals surface area contributed by atoms with Crippen LogP contribution in [0, 0.1) is 5.92 Å². The molecule has 0 spiro atoms. The van der Waals surface area contributed by atoms with Gasteiger partial charge in [-0.05, 0) is 37.6 Å². The Bertz CT molecular complexity index is 676. The number of ether oxygens (including phenoxy) is 2. The van der Waals surface area contributed by atoms with E-state index in [1.54, 1.807) is 14.0 Å². The number of aromatic nitrogens is 1. The topological polar surface area (TPSA) is 60.7 Å². The first kappa shape index (κ1) is 13.9. The lowest BCUT2D eigenvalue weighted by Crippen LogP contribution is -2.30. The van der Waals surface area contributed by atoms with E-state index in [0.717, 1.165) is 22.3 Å². The van der Waals surface area contributed by atoms with Crippen LogP contribution in [0.1, 0.15) is 25.1 Å². The zero-order valence-corrected chi connectivity index (χ0v) is 12.2. The number of methoxy groups -OCH3 is 1. The Morgan fingerprint density at radius 1 is 1.43 bits per heavy atom. The molecule has 0 saturated carbocycles. The van der Waals surface area contributed by atoms with Crippen molar-refractivity contribution in [2.75, 3.05) is 13.7 Å². The van der Waals surface area contributed by atoms with E-state index in [9.17, 15) is 9.90 Å². The van der Waals surface area contributed by atoms with Crippen LogP contribution in [0.3, 0.4) is 0 Å². The molecule has 0 radical (unpaired) electrons. The minimum Gasteiger partial charge on any atom is -0.497 e. The van der Waals surface area contributed by atoms with Crippen molar-refractivity contribution >= 4 is 16.9 Å². The van der Waals surface area contributed by atoms with Crippen LogP contribution in [0.4, 0.5) is 0 Å². The molecule has 1 aliphatic rings. The number of aliphatic hydroxyl groups excluding tert-OH is 1. The number of nitrogens with zero attached hydrogens (tertiary/aromatic N) is 1. The van der Waals surface area contributed by atoms with Crippen LogP contribution in [-0.2, 0) is 16.1 Å². The van der Waals surface area contributed by atoms with Crippen molar-refractivity contribution < 1.29 is 19.4 Å². The lowest BCUT2D eigenvalue weighted by atomic mass is 9.96. The maximum absolute atomic E-state index is 11.9. The van der Waals surface area contributed by atoms with Crippen molar-refractivity contribution in [3.05, 3.63) is 30.0 Å². The summed E-state index contributed by atoms with van der Waals surface area (Å²) in [6.45, 7) is 2.70. The zero-order chi connectivity index (χ0) is 15.0. The molecule has 0 saturated heterocycles. The maximum Gasteiger partial charge on any atom is 0.310 e. The van der Waals surface area contributed by atoms with Gasteiger partial charge in [-0.2, -0.15) is 0 Å². The molecule has 1 aliphatic heterocycles. The molecule has 0 amide bonds. The number of rotatable bonds is 3. The second-order valence-corrected chi connectivity index (χ2v) is 5.31. The predicted octanol–water partition coefficient (Wildman–Crippen LogP) is 2.27. The van der Waals surface area contributed by atoms with Crippen molar-refractivity contribution in [2.24, 2.45) is 5.92 Å². The third-order valence-corrected chi connectivity index (χ3v) is 4.01. The molecule has 21 heavy (non-hydrogen) atoms. The summed E-state index contributed by atoms with van der Waals surface area (Å²) in [5.41, 5.74) is 1.85. The first-order chi connectivity index (χ1) is 10.1. The summed E-state index contributed by atoms with van der Waals surface area (Å²) in [5.74, 6) is 0.240. The lowest BCUT2D eigenvalue weighted by Gasteiger charge is -2.27. The van der Waals surface area contributed by atoms with Crippen LogP contribution < -0.4 is 4.74 Å². The fourth-order valence-corrected chi connectivity index (χ4v) is 2.99. The quantitative estimate of drug-likeness (QED) is 0.881. The van der Waals surface area contributed by atoms with E-state index in [0.29, 0.717) is 19.6 Å². The van der Waals surface area contributed by atoms with Crippen molar-refractivity contribution in [1.29, 1.82) is 0 Å². The van der Waals surface area contributed by atoms with Gasteiger partial charge < -0.3 is 19.1 Å². The molecule has 0 aliphatic carbocycles. The molecule has 1 aromatic heterocycles. The molecule has 5 heteroatoms. The summed E-state index contributed by atoms with van der Waals surface area (Å²) in [6.07, 6.45) is -0.238. The molecule has 2 heterocycles. The number of carbonyl (C=O) groups is 1. The fraction of sp³-hybridized carbons (Fsp3) is 0.438. The van der Waals surface area contributed by atoms with Crippen LogP contribution in [0.25, 0.3) is 10.9 Å². The average Bonchev–Trinajstić information content (AvgIpc) is 2.85. The number of esters is 1. The van der Waals surface area contributed by atoms with Crippen molar-refractivity contribution in [2.45, 2.75) is 26.0 Å². The molecular weight excluding hydrogens is 270 g/mol. The molecule has 2 unspecified atom stereocenters. The van der Waals surface area contributed by atoms with Gasteiger partial charge in [-0.15, -0.1) is 0 Å². The van der Waals surface area contributed by atoms with Crippen molar-refractivity contribution in [3.63, 3.8) is 0 Å². The smallest absolute Gasteiger partial charge is 0.310 e. The number of hydrogen-bond acceptors (Lipinski definition) is 4. The van der Waals surface area contributed by atoms with E-state index < -0.39 is 6.10 Å². The first-order valence-corrected chi connectivity index (χ1v) is 7.16. The molecule has 3 rings (SSSR count). The lowest BCUT2D eigenvalue weighted by molar-refractivity contribution is -0.150. The highest BCUT2D eigenvalue weighted by atomic mass is 16.5. The van der Waals surface area contributed by atoms with Crippen molar-refractivity contribution in [1.82, 2.24) is 4.57 Å². The highest BCUT2D eigenvalue weighted by molar-refractivity contribution is 5.84. The fourth-order valence-electron chi connectivity index (χ4n) is 2.99. The molecule has 5 nitrogen and oxygen atoms in total. The summed E-state index contributed by atoms with van der Waals surface area (Å²) in [7, 11) is 1.63. The zero-order valence-electron chi connectivity index (χ0n) is 12.2. The molecule has 1 aromatic carbocycles. The highest BCUT2D eigenvalue weighted by Crippen LogP contribution is 2.35. The SMILES string of the molecule is CCOC(=O)C1CC(O)c2cc3cc(OC)ccc3n2C1. The van der Waals surface area contributed by atoms with Crippen LogP contribution in [0.5, 0.6) is 5.75 Å². The normalized spacial score (nSPS) is 21.1. The Balaban J connectivity index is 2.00. The van der Waals surface area contributed by atoms with E-state index >= 15 is 0 Å². The minimum atomic E-state index is -0.647. The second-order valence-electron chi connectivity index (χ2n) is 5.31. The Morgan fingerprint density at radius 2 is 2.24 bits per heavy atom. The summed E-state index contributed by atoms with van der Waals surface area (Å²) in [6, 6.07) is 7.74. The van der Waals surface area contributed by atoms with Crippen molar-refractivity contribution in [3.8, 4) is 5.75 Å². The van der Waals surface area contributed by atoms with Gasteiger partial charge in [0.1, 0.15) is 5.75 Å². The highest BCUT2D eigenvalue weighted by Gasteiger charge is 2.32. The average molecular weight is 289 g/mol. The number of benzene rings is 1. The van der Waals surface area contributed by atoms with Gasteiger partial charge in [-0.3, -0.25) is 4.79 Å². The van der Waals surface area contributed by atoms with Gasteiger partial charge in [0.2, 0.25) is 0 Å². The minimum absolute atomic E-state index is 0.238. The number of carbonyl (C=O) groups excluding carboxylic acids is 1. The van der Waals surface area contributed by atoms with E-state index in [1.165, 1.54) is 0 Å². The van der Waals surface area contributed by atoms with Gasteiger partial charge >= 0.3 is 5.97 Å².